The van der Waals surface area contributed by atoms with Crippen LogP contribution in [0.1, 0.15) is 90.5 Å². The van der Waals surface area contributed by atoms with Crippen LogP contribution in [-0.2, 0) is 11.2 Å². The minimum Gasteiger partial charge on any atom is -0.393 e. The molecule has 0 radical (unpaired) electrons. The summed E-state index contributed by atoms with van der Waals surface area (Å²) in [7, 11) is 0. The molecule has 6 rings (SSSR count). The number of anilines is 1. The van der Waals surface area contributed by atoms with Crippen LogP contribution in [0, 0.1) is 52.2 Å². The van der Waals surface area contributed by atoms with Crippen LogP contribution in [-0.4, -0.2) is 39.9 Å². The number of fused-ring (bicyclic) bond motifs is 6. The van der Waals surface area contributed by atoms with Crippen molar-refractivity contribution in [3.63, 3.8) is 0 Å². The van der Waals surface area contributed by atoms with E-state index in [1.807, 2.05) is 0 Å². The van der Waals surface area contributed by atoms with Gasteiger partial charge in [0, 0.05) is 13.0 Å². The van der Waals surface area contributed by atoms with Crippen LogP contribution >= 0.6 is 0 Å². The van der Waals surface area contributed by atoms with Crippen molar-refractivity contribution in [1.82, 2.24) is 4.98 Å². The molecule has 2 N–H and O–H groups in total. The molecule has 0 aromatic carbocycles. The van der Waals surface area contributed by atoms with Gasteiger partial charge >= 0.3 is 0 Å². The van der Waals surface area contributed by atoms with Crippen LogP contribution in [0.3, 0.4) is 0 Å². The Labute approximate surface area is 221 Å². The highest BCUT2D eigenvalue weighted by atomic mass is 19.1. The normalized spacial score (nSPS) is 43.5. The minimum absolute atomic E-state index is 0.106. The fourth-order valence-corrected chi connectivity index (χ4v) is 10.3. The molecule has 4 aliphatic carbocycles. The molecule has 4 saturated carbocycles. The summed E-state index contributed by atoms with van der Waals surface area (Å²) in [6.45, 7) is 7.89. The zero-order chi connectivity index (χ0) is 26.1. The molecular weight excluding hydrogens is 467 g/mol. The van der Waals surface area contributed by atoms with Crippen molar-refractivity contribution in [1.29, 1.82) is 0 Å². The van der Waals surface area contributed by atoms with Gasteiger partial charge in [-0.2, -0.15) is 0 Å². The fourth-order valence-electron chi connectivity index (χ4n) is 10.3. The third kappa shape index (κ3) is 4.07. The molecule has 204 valence electrons. The van der Waals surface area contributed by atoms with E-state index in [0.717, 1.165) is 37.7 Å². The van der Waals surface area contributed by atoms with Gasteiger partial charge in [-0.3, -0.25) is 9.69 Å². The van der Waals surface area contributed by atoms with Gasteiger partial charge in [-0.15, -0.1) is 0 Å². The first kappa shape index (κ1) is 25.7. The van der Waals surface area contributed by atoms with Gasteiger partial charge in [0.05, 0.1) is 18.4 Å². The predicted molar refractivity (Wildman–Crippen MR) is 141 cm³/mol. The van der Waals surface area contributed by atoms with Crippen molar-refractivity contribution in [2.24, 2.45) is 46.3 Å². The summed E-state index contributed by atoms with van der Waals surface area (Å²) in [4.78, 5) is 19.1. The SMILES string of the molecule is C[C@H](CCC(=O)N1CCc2cc(F)cnc21)[C@H]1CC[C@H]2[C@@H]3[C@@H](O)C[C@@H]4C[C@H](O)CC[C@]4(C)[C@H]3CC[C@]12C. The molecular formula is C31H45FN2O3. The van der Waals surface area contributed by atoms with E-state index in [-0.39, 0.29) is 34.8 Å². The Morgan fingerprint density at radius 3 is 2.70 bits per heavy atom. The summed E-state index contributed by atoms with van der Waals surface area (Å²) in [5.41, 5.74) is 1.31. The van der Waals surface area contributed by atoms with Gasteiger partial charge in [-0.25, -0.2) is 9.37 Å². The molecule has 0 saturated heterocycles. The Balaban J connectivity index is 1.13. The molecule has 37 heavy (non-hydrogen) atoms. The number of aliphatic hydroxyl groups is 2. The van der Waals surface area contributed by atoms with Crippen LogP contribution < -0.4 is 4.90 Å². The number of carbonyl (C=O) groups excluding carboxylic acids is 1. The summed E-state index contributed by atoms with van der Waals surface area (Å²) >= 11 is 0. The molecule has 6 heteroatoms. The number of hydrogen-bond acceptors (Lipinski definition) is 4. The maximum Gasteiger partial charge on any atom is 0.228 e. The summed E-state index contributed by atoms with van der Waals surface area (Å²) in [5, 5.41) is 21.8. The molecule has 1 aliphatic heterocycles. The number of nitrogens with zero attached hydrogens (tertiary/aromatic N) is 2. The Morgan fingerprint density at radius 1 is 1.14 bits per heavy atom. The van der Waals surface area contributed by atoms with Crippen LogP contribution in [0.2, 0.25) is 0 Å². The lowest BCUT2D eigenvalue weighted by molar-refractivity contribution is -0.174. The average molecular weight is 513 g/mol. The molecule has 0 bridgehead atoms. The van der Waals surface area contributed by atoms with Crippen molar-refractivity contribution in [3.8, 4) is 0 Å². The topological polar surface area (TPSA) is 73.7 Å². The number of aliphatic hydroxyl groups excluding tert-OH is 2. The lowest BCUT2D eigenvalue weighted by Crippen LogP contribution is -2.58. The van der Waals surface area contributed by atoms with Crippen LogP contribution in [0.4, 0.5) is 10.2 Å². The Kier molecular flexibility index (Phi) is 6.46. The zero-order valence-corrected chi connectivity index (χ0v) is 22.8. The van der Waals surface area contributed by atoms with Gasteiger partial charge in [0.25, 0.3) is 0 Å². The van der Waals surface area contributed by atoms with Gasteiger partial charge in [0.2, 0.25) is 5.91 Å². The fraction of sp³-hybridized carbons (Fsp3) is 0.806. The Bertz CT molecular complexity index is 1050. The first-order valence-corrected chi connectivity index (χ1v) is 14.9. The van der Waals surface area contributed by atoms with Gasteiger partial charge in [0.15, 0.2) is 0 Å². The average Bonchev–Trinajstić information content (AvgIpc) is 3.44. The van der Waals surface area contributed by atoms with Crippen molar-refractivity contribution < 1.29 is 19.4 Å². The number of carbonyl (C=O) groups is 1. The van der Waals surface area contributed by atoms with Gasteiger partial charge in [-0.05, 0) is 122 Å². The number of pyridine rings is 1. The van der Waals surface area contributed by atoms with E-state index in [2.05, 4.69) is 25.8 Å². The maximum atomic E-state index is 13.5. The smallest absolute Gasteiger partial charge is 0.228 e. The summed E-state index contributed by atoms with van der Waals surface area (Å²) in [5.74, 6) is 3.38. The molecule has 1 aromatic rings. The van der Waals surface area contributed by atoms with Crippen LogP contribution in [0.25, 0.3) is 0 Å². The molecule has 5 nitrogen and oxygen atoms in total. The lowest BCUT2D eigenvalue weighted by Gasteiger charge is -2.62. The van der Waals surface area contributed by atoms with Crippen LogP contribution in [0.5, 0.6) is 0 Å². The molecule has 5 aliphatic rings. The van der Waals surface area contributed by atoms with E-state index >= 15 is 0 Å². The van der Waals surface area contributed by atoms with E-state index in [4.69, 9.17) is 0 Å². The lowest BCUT2D eigenvalue weighted by atomic mass is 9.43. The number of rotatable bonds is 4. The van der Waals surface area contributed by atoms with Crippen molar-refractivity contribution in [3.05, 3.63) is 23.6 Å². The van der Waals surface area contributed by atoms with Crippen molar-refractivity contribution in [2.75, 3.05) is 11.4 Å². The Morgan fingerprint density at radius 2 is 1.89 bits per heavy atom. The van der Waals surface area contributed by atoms with E-state index in [1.165, 1.54) is 37.9 Å². The van der Waals surface area contributed by atoms with Gasteiger partial charge < -0.3 is 10.2 Å². The maximum absolute atomic E-state index is 13.5. The molecule has 4 fully saturated rings. The van der Waals surface area contributed by atoms with Gasteiger partial charge in [0.1, 0.15) is 11.6 Å². The number of halogens is 1. The standard InChI is InChI=1S/C31H45FN2O3/c1-18(4-7-27(37)34-13-10-19-14-21(32)17-33-29(19)34)23-5-6-24-28-25(9-12-31(23,24)3)30(2)11-8-22(35)15-20(30)16-26(28)36/h14,17-18,20,22-26,28,35-36H,4-13,15-16H2,1-3H3/t18-,20+,22-,23-,24+,25+,26+,28+,30+,31-/m1/s1. The van der Waals surface area contributed by atoms with E-state index in [1.54, 1.807) is 4.90 Å². The van der Waals surface area contributed by atoms with E-state index in [9.17, 15) is 19.4 Å². The largest absolute Gasteiger partial charge is 0.393 e. The van der Waals surface area contributed by atoms with Crippen molar-refractivity contribution >= 4 is 11.7 Å². The number of amides is 1. The summed E-state index contributed by atoms with van der Waals surface area (Å²) in [6, 6.07) is 1.51. The highest BCUT2D eigenvalue weighted by Crippen LogP contribution is 2.68. The molecule has 1 amide bonds. The molecule has 2 heterocycles. The summed E-state index contributed by atoms with van der Waals surface area (Å²) in [6.07, 6.45) is 11.3. The second-order valence-corrected chi connectivity index (χ2v) is 13.9. The highest BCUT2D eigenvalue weighted by molar-refractivity contribution is 5.94. The monoisotopic (exact) mass is 512 g/mol. The molecule has 0 spiro atoms. The van der Waals surface area contributed by atoms with Crippen molar-refractivity contribution in [2.45, 2.75) is 104 Å². The van der Waals surface area contributed by atoms with E-state index < -0.39 is 0 Å². The Hall–Kier alpha value is -1.53. The quantitative estimate of drug-likeness (QED) is 0.557. The summed E-state index contributed by atoms with van der Waals surface area (Å²) < 4.78 is 13.5. The zero-order valence-electron chi connectivity index (χ0n) is 22.8. The predicted octanol–water partition coefficient (Wildman–Crippen LogP) is 5.52. The minimum atomic E-state index is -0.339. The van der Waals surface area contributed by atoms with E-state index in [0.29, 0.717) is 60.7 Å². The second-order valence-electron chi connectivity index (χ2n) is 13.9. The highest BCUT2D eigenvalue weighted by Gasteiger charge is 2.62. The second kappa shape index (κ2) is 9.29. The third-order valence-corrected chi connectivity index (χ3v) is 12.3. The number of aromatic nitrogens is 1. The first-order chi connectivity index (χ1) is 17.6. The third-order valence-electron chi connectivity index (χ3n) is 12.3. The molecule has 1 aromatic heterocycles. The first-order valence-electron chi connectivity index (χ1n) is 14.9. The number of hydrogen-bond donors (Lipinski definition) is 2. The van der Waals surface area contributed by atoms with Crippen LogP contribution in [0.15, 0.2) is 12.3 Å². The van der Waals surface area contributed by atoms with Gasteiger partial charge in [-0.1, -0.05) is 20.8 Å². The molecule has 10 atom stereocenters. The molecule has 0 unspecified atom stereocenters.